The van der Waals surface area contributed by atoms with Crippen LogP contribution < -0.4 is 5.32 Å². The van der Waals surface area contributed by atoms with Gasteiger partial charge in [-0.25, -0.2) is 4.79 Å². The molecular weight excluding hydrogens is 458 g/mol. The largest absolute Gasteiger partial charge is 0.333 e. The van der Waals surface area contributed by atoms with Crippen LogP contribution in [0, 0.1) is 5.92 Å². The Kier molecular flexibility index (Phi) is 5.95. The molecule has 33 heavy (non-hydrogen) atoms. The maximum absolute atomic E-state index is 13.3. The summed E-state index contributed by atoms with van der Waals surface area (Å²) < 4.78 is 0. The van der Waals surface area contributed by atoms with Crippen LogP contribution in [0.1, 0.15) is 50.3 Å². The molecule has 2 aliphatic carbocycles. The molecule has 2 atom stereocenters. The van der Waals surface area contributed by atoms with Crippen LogP contribution in [0.2, 0.25) is 5.02 Å². The van der Waals surface area contributed by atoms with E-state index in [4.69, 9.17) is 11.6 Å². The van der Waals surface area contributed by atoms with E-state index in [1.165, 1.54) is 0 Å². The highest BCUT2D eigenvalue weighted by Crippen LogP contribution is 2.39. The van der Waals surface area contributed by atoms with E-state index >= 15 is 0 Å². The van der Waals surface area contributed by atoms with Gasteiger partial charge >= 0.3 is 6.03 Å². The number of halogens is 1. The van der Waals surface area contributed by atoms with Crippen LogP contribution in [0.4, 0.5) is 4.79 Å². The molecule has 1 spiro atoms. The van der Waals surface area contributed by atoms with E-state index in [0.29, 0.717) is 18.0 Å². The molecule has 0 radical (unpaired) electrons. The summed E-state index contributed by atoms with van der Waals surface area (Å²) in [6.45, 7) is 2.30. The maximum Gasteiger partial charge on any atom is 0.325 e. The Bertz CT molecular complexity index is 1100. The van der Waals surface area contributed by atoms with Gasteiger partial charge in [0, 0.05) is 26.4 Å². The summed E-state index contributed by atoms with van der Waals surface area (Å²) >= 11 is 7.96. The van der Waals surface area contributed by atoms with Crippen molar-refractivity contribution >= 4 is 40.8 Å². The van der Waals surface area contributed by atoms with Gasteiger partial charge in [0.2, 0.25) is 5.91 Å². The van der Waals surface area contributed by atoms with Gasteiger partial charge < -0.3 is 10.2 Å². The van der Waals surface area contributed by atoms with Crippen LogP contribution >= 0.6 is 22.9 Å². The number of hydrogen-bond acceptors (Lipinski definition) is 4. The van der Waals surface area contributed by atoms with E-state index in [1.54, 1.807) is 11.3 Å². The van der Waals surface area contributed by atoms with Crippen LogP contribution in [-0.4, -0.2) is 45.8 Å². The predicted octanol–water partition coefficient (Wildman–Crippen LogP) is 5.06. The molecule has 8 heteroatoms. The van der Waals surface area contributed by atoms with Gasteiger partial charge in [0.1, 0.15) is 12.1 Å². The zero-order valence-electron chi connectivity index (χ0n) is 18.7. The van der Waals surface area contributed by atoms with Gasteiger partial charge in [0.15, 0.2) is 0 Å². The number of benzene rings is 1. The maximum atomic E-state index is 13.3. The molecule has 1 saturated heterocycles. The number of carbonyl (C=O) groups is 3. The molecule has 6 nitrogen and oxygen atoms in total. The summed E-state index contributed by atoms with van der Waals surface area (Å²) in [6, 6.07) is 11.5. The number of imide groups is 1. The van der Waals surface area contributed by atoms with E-state index in [1.807, 2.05) is 48.2 Å². The number of carbonyl (C=O) groups excluding carboxylic acids is 3. The number of nitrogens with zero attached hydrogens (tertiary/aromatic N) is 2. The molecule has 2 heterocycles. The molecule has 2 saturated carbocycles. The van der Waals surface area contributed by atoms with Crippen molar-refractivity contribution in [3.63, 3.8) is 0 Å². The first-order chi connectivity index (χ1) is 15.9. The van der Waals surface area contributed by atoms with Crippen LogP contribution in [0.5, 0.6) is 0 Å². The van der Waals surface area contributed by atoms with Gasteiger partial charge in [-0.1, -0.05) is 49.6 Å². The number of thiophene rings is 1. The molecule has 3 aliphatic rings. The van der Waals surface area contributed by atoms with E-state index in [2.05, 4.69) is 5.32 Å². The summed E-state index contributed by atoms with van der Waals surface area (Å²) in [4.78, 5) is 44.3. The molecule has 5 rings (SSSR count). The normalized spacial score (nSPS) is 24.9. The number of rotatable bonds is 6. The predicted molar refractivity (Wildman–Crippen MR) is 129 cm³/mol. The van der Waals surface area contributed by atoms with Crippen LogP contribution in [-0.2, 0) is 16.1 Å². The topological polar surface area (TPSA) is 69.7 Å². The van der Waals surface area contributed by atoms with Crippen molar-refractivity contribution < 1.29 is 14.4 Å². The molecule has 1 aromatic carbocycles. The molecule has 4 amide bonds. The zero-order valence-corrected chi connectivity index (χ0v) is 20.3. The second-order valence-electron chi connectivity index (χ2n) is 9.44. The SMILES string of the molecule is CC1CCCCC12NC(=O)N(CC(=O)N(Cc1ccc(-c3ccccc3Cl)s1)C1CC1)C2=O. The average molecular weight is 486 g/mol. The number of nitrogens with one attached hydrogen (secondary N) is 1. The zero-order chi connectivity index (χ0) is 23.2. The highest BCUT2D eigenvalue weighted by molar-refractivity contribution is 7.15. The number of amides is 4. The lowest BCUT2D eigenvalue weighted by molar-refractivity contribution is -0.141. The van der Waals surface area contributed by atoms with E-state index in [-0.39, 0.29) is 30.3 Å². The fraction of sp³-hybridized carbons (Fsp3) is 0.480. The highest BCUT2D eigenvalue weighted by Gasteiger charge is 2.55. The summed E-state index contributed by atoms with van der Waals surface area (Å²) in [5, 5.41) is 3.64. The summed E-state index contributed by atoms with van der Waals surface area (Å²) in [7, 11) is 0. The minimum atomic E-state index is -0.836. The van der Waals surface area contributed by atoms with Crippen LogP contribution in [0.15, 0.2) is 36.4 Å². The van der Waals surface area contributed by atoms with Crippen molar-refractivity contribution in [2.24, 2.45) is 5.92 Å². The third-order valence-corrected chi connectivity index (χ3v) is 8.66. The van der Waals surface area contributed by atoms with Crippen LogP contribution in [0.25, 0.3) is 10.4 Å². The molecule has 1 aliphatic heterocycles. The van der Waals surface area contributed by atoms with Gasteiger partial charge in [-0.3, -0.25) is 14.5 Å². The Labute approximate surface area is 202 Å². The Balaban J connectivity index is 1.30. The van der Waals surface area contributed by atoms with Gasteiger partial charge in [0.25, 0.3) is 5.91 Å². The second kappa shape index (κ2) is 8.76. The third kappa shape index (κ3) is 4.17. The first kappa shape index (κ1) is 22.4. The Morgan fingerprint density at radius 1 is 1.18 bits per heavy atom. The van der Waals surface area contributed by atoms with Crippen molar-refractivity contribution in [1.82, 2.24) is 15.1 Å². The van der Waals surface area contributed by atoms with Gasteiger partial charge in [-0.05, 0) is 49.8 Å². The Hall–Kier alpha value is -2.38. The first-order valence-electron chi connectivity index (χ1n) is 11.7. The van der Waals surface area contributed by atoms with Crippen molar-refractivity contribution in [3.05, 3.63) is 46.3 Å². The van der Waals surface area contributed by atoms with Crippen molar-refractivity contribution in [2.45, 2.75) is 63.6 Å². The molecule has 174 valence electrons. The monoisotopic (exact) mass is 485 g/mol. The van der Waals surface area contributed by atoms with Gasteiger partial charge in [0.05, 0.1) is 6.54 Å². The third-order valence-electron chi connectivity index (χ3n) is 7.23. The van der Waals surface area contributed by atoms with E-state index in [9.17, 15) is 14.4 Å². The fourth-order valence-corrected chi connectivity index (χ4v) is 6.45. The molecule has 3 fully saturated rings. The van der Waals surface area contributed by atoms with E-state index < -0.39 is 11.6 Å². The molecular formula is C25H28ClN3O3S. The average Bonchev–Trinajstić information content (AvgIpc) is 3.49. The second-order valence-corrected chi connectivity index (χ2v) is 11.0. The summed E-state index contributed by atoms with van der Waals surface area (Å²) in [5.74, 6) is -0.327. The highest BCUT2D eigenvalue weighted by atomic mass is 35.5. The lowest BCUT2D eigenvalue weighted by Crippen LogP contribution is -2.54. The van der Waals surface area contributed by atoms with Crippen molar-refractivity contribution in [2.75, 3.05) is 6.54 Å². The number of urea groups is 1. The quantitative estimate of drug-likeness (QED) is 0.581. The Morgan fingerprint density at radius 3 is 2.70 bits per heavy atom. The molecule has 2 unspecified atom stereocenters. The van der Waals surface area contributed by atoms with Crippen LogP contribution in [0.3, 0.4) is 0 Å². The lowest BCUT2D eigenvalue weighted by atomic mass is 9.73. The Morgan fingerprint density at radius 2 is 1.97 bits per heavy atom. The minimum absolute atomic E-state index is 0.0803. The molecule has 1 aromatic heterocycles. The molecule has 2 aromatic rings. The first-order valence-corrected chi connectivity index (χ1v) is 12.9. The van der Waals surface area contributed by atoms with Gasteiger partial charge in [-0.15, -0.1) is 11.3 Å². The standard InChI is InChI=1S/C25H28ClN3O3S/c1-16-6-4-5-13-25(16)23(31)29(24(32)27-25)15-22(30)28(17-9-10-17)14-18-11-12-21(33-18)19-7-2-3-8-20(19)26/h2-3,7-8,11-12,16-17H,4-6,9-10,13-15H2,1H3,(H,27,32). The summed E-state index contributed by atoms with van der Waals surface area (Å²) in [6.07, 6.45) is 5.45. The molecule has 1 N–H and O–H groups in total. The van der Waals surface area contributed by atoms with Crippen molar-refractivity contribution in [3.8, 4) is 10.4 Å². The summed E-state index contributed by atoms with van der Waals surface area (Å²) in [5.41, 5.74) is 0.142. The number of hydrogen-bond donors (Lipinski definition) is 1. The van der Waals surface area contributed by atoms with E-state index in [0.717, 1.165) is 52.3 Å². The van der Waals surface area contributed by atoms with Gasteiger partial charge in [-0.2, -0.15) is 0 Å². The molecule has 0 bridgehead atoms. The minimum Gasteiger partial charge on any atom is -0.333 e. The lowest BCUT2D eigenvalue weighted by Gasteiger charge is -2.36. The van der Waals surface area contributed by atoms with Crippen molar-refractivity contribution in [1.29, 1.82) is 0 Å². The smallest absolute Gasteiger partial charge is 0.325 e. The fourth-order valence-electron chi connectivity index (χ4n) is 5.11.